The van der Waals surface area contributed by atoms with Gasteiger partial charge in [-0.1, -0.05) is 17.7 Å². The second-order valence-corrected chi connectivity index (χ2v) is 6.02. The van der Waals surface area contributed by atoms with E-state index in [1.54, 1.807) is 0 Å². The number of hydrogen-bond acceptors (Lipinski definition) is 2. The van der Waals surface area contributed by atoms with Gasteiger partial charge in [-0.3, -0.25) is 4.90 Å². The molecule has 2 nitrogen and oxygen atoms in total. The van der Waals surface area contributed by atoms with Crippen molar-refractivity contribution < 1.29 is 0 Å². The molecule has 3 heteroatoms. The van der Waals surface area contributed by atoms with Gasteiger partial charge in [0.25, 0.3) is 0 Å². The molecule has 98 valence electrons. The molecule has 0 amide bonds. The number of rotatable bonds is 2. The van der Waals surface area contributed by atoms with Crippen molar-refractivity contribution in [1.29, 1.82) is 0 Å². The summed E-state index contributed by atoms with van der Waals surface area (Å²) < 4.78 is 0. The van der Waals surface area contributed by atoms with Gasteiger partial charge < -0.3 is 5.73 Å². The zero-order chi connectivity index (χ0) is 12.6. The smallest absolute Gasteiger partial charge is 0.0586 e. The normalized spacial score (nSPS) is 28.3. The Hall–Kier alpha value is -0.570. The van der Waals surface area contributed by atoms with Crippen LogP contribution < -0.4 is 5.73 Å². The number of fused-ring (bicyclic) bond motifs is 1. The Labute approximate surface area is 114 Å². The maximum Gasteiger partial charge on any atom is 0.0586 e. The second-order valence-electron chi connectivity index (χ2n) is 5.58. The van der Waals surface area contributed by atoms with Crippen LogP contribution in [0.2, 0.25) is 5.02 Å². The molecule has 1 saturated heterocycles. The second kappa shape index (κ2) is 4.84. The fourth-order valence-corrected chi connectivity index (χ4v) is 3.94. The van der Waals surface area contributed by atoms with Gasteiger partial charge in [0.1, 0.15) is 0 Å². The third-order valence-corrected chi connectivity index (χ3v) is 4.89. The molecule has 0 radical (unpaired) electrons. The monoisotopic (exact) mass is 264 g/mol. The zero-order valence-electron chi connectivity index (χ0n) is 10.8. The molecular formula is C15H21ClN2. The van der Waals surface area contributed by atoms with Gasteiger partial charge in [0.05, 0.1) is 5.54 Å². The van der Waals surface area contributed by atoms with Crippen molar-refractivity contribution in [3.8, 4) is 0 Å². The molecule has 3 rings (SSSR count). The minimum absolute atomic E-state index is 0.0780. The van der Waals surface area contributed by atoms with E-state index in [1.165, 1.54) is 49.9 Å². The lowest BCUT2D eigenvalue weighted by molar-refractivity contribution is 0.102. The summed E-state index contributed by atoms with van der Waals surface area (Å²) in [5.74, 6) is 0. The molecule has 0 saturated carbocycles. The van der Waals surface area contributed by atoms with Crippen LogP contribution >= 0.6 is 11.6 Å². The summed E-state index contributed by atoms with van der Waals surface area (Å²) in [5, 5.41) is 0.850. The highest BCUT2D eigenvalue weighted by atomic mass is 35.5. The average Bonchev–Trinajstić information content (AvgIpc) is 2.91. The molecule has 1 fully saturated rings. The molecular weight excluding hydrogens is 244 g/mol. The summed E-state index contributed by atoms with van der Waals surface area (Å²) in [4.78, 5) is 2.61. The summed E-state index contributed by atoms with van der Waals surface area (Å²) >= 11 is 6.13. The number of likely N-dealkylation sites (tertiary alicyclic amines) is 1. The van der Waals surface area contributed by atoms with Crippen LogP contribution in [0.3, 0.4) is 0 Å². The Bertz CT molecular complexity index is 440. The molecule has 0 bridgehead atoms. The third-order valence-electron chi connectivity index (χ3n) is 4.65. The summed E-state index contributed by atoms with van der Waals surface area (Å²) in [7, 11) is 0. The van der Waals surface area contributed by atoms with Crippen LogP contribution in [-0.2, 0) is 12.0 Å². The van der Waals surface area contributed by atoms with E-state index in [9.17, 15) is 0 Å². The lowest BCUT2D eigenvalue weighted by atomic mass is 9.75. The largest absolute Gasteiger partial charge is 0.328 e. The van der Waals surface area contributed by atoms with E-state index in [-0.39, 0.29) is 5.54 Å². The SMILES string of the molecule is NCC1(N2CCCC2)CCCc2cc(Cl)ccc21. The van der Waals surface area contributed by atoms with Gasteiger partial charge in [0.15, 0.2) is 0 Å². The van der Waals surface area contributed by atoms with Crippen molar-refractivity contribution in [2.75, 3.05) is 19.6 Å². The predicted octanol–water partition coefficient (Wildman–Crippen LogP) is 2.93. The summed E-state index contributed by atoms with van der Waals surface area (Å²) in [6.07, 6.45) is 6.18. The van der Waals surface area contributed by atoms with Crippen molar-refractivity contribution in [3.63, 3.8) is 0 Å². The van der Waals surface area contributed by atoms with E-state index in [1.807, 2.05) is 6.07 Å². The quantitative estimate of drug-likeness (QED) is 0.890. The van der Waals surface area contributed by atoms with Crippen molar-refractivity contribution in [1.82, 2.24) is 4.90 Å². The maximum atomic E-state index is 6.20. The van der Waals surface area contributed by atoms with Gasteiger partial charge in [-0.25, -0.2) is 0 Å². The number of benzene rings is 1. The Morgan fingerprint density at radius 1 is 1.22 bits per heavy atom. The first-order chi connectivity index (χ1) is 8.76. The van der Waals surface area contributed by atoms with Crippen LogP contribution in [0.1, 0.15) is 36.8 Å². The Morgan fingerprint density at radius 3 is 2.72 bits per heavy atom. The minimum Gasteiger partial charge on any atom is -0.328 e. The number of nitrogens with zero attached hydrogens (tertiary/aromatic N) is 1. The first-order valence-corrected chi connectivity index (χ1v) is 7.38. The van der Waals surface area contributed by atoms with E-state index in [2.05, 4.69) is 17.0 Å². The molecule has 1 aromatic rings. The summed E-state index contributed by atoms with van der Waals surface area (Å²) in [6, 6.07) is 6.37. The van der Waals surface area contributed by atoms with Crippen LogP contribution in [-0.4, -0.2) is 24.5 Å². The summed E-state index contributed by atoms with van der Waals surface area (Å²) in [5.41, 5.74) is 9.12. The maximum absolute atomic E-state index is 6.20. The van der Waals surface area contributed by atoms with Gasteiger partial charge in [-0.05, 0) is 68.5 Å². The summed E-state index contributed by atoms with van der Waals surface area (Å²) in [6.45, 7) is 3.11. The molecule has 1 heterocycles. The zero-order valence-corrected chi connectivity index (χ0v) is 11.5. The molecule has 1 atom stereocenters. The molecule has 0 spiro atoms. The van der Waals surface area contributed by atoms with Crippen molar-refractivity contribution in [2.45, 2.75) is 37.6 Å². The van der Waals surface area contributed by atoms with E-state index in [4.69, 9.17) is 17.3 Å². The fraction of sp³-hybridized carbons (Fsp3) is 0.600. The molecule has 1 aliphatic carbocycles. The highest BCUT2D eigenvalue weighted by molar-refractivity contribution is 6.30. The first-order valence-electron chi connectivity index (χ1n) is 7.00. The van der Waals surface area contributed by atoms with Crippen LogP contribution in [0.25, 0.3) is 0 Å². The Morgan fingerprint density at radius 2 is 2.00 bits per heavy atom. The topological polar surface area (TPSA) is 29.3 Å². The molecule has 0 aromatic heterocycles. The van der Waals surface area contributed by atoms with Gasteiger partial charge in [-0.15, -0.1) is 0 Å². The molecule has 2 N–H and O–H groups in total. The highest BCUT2D eigenvalue weighted by Crippen LogP contribution is 2.41. The lowest BCUT2D eigenvalue weighted by Crippen LogP contribution is -2.51. The first kappa shape index (κ1) is 12.5. The van der Waals surface area contributed by atoms with Gasteiger partial charge in [0.2, 0.25) is 0 Å². The number of halogens is 1. The molecule has 1 unspecified atom stereocenters. The van der Waals surface area contributed by atoms with Gasteiger partial charge in [0, 0.05) is 11.6 Å². The Balaban J connectivity index is 2.06. The van der Waals surface area contributed by atoms with E-state index in [0.29, 0.717) is 0 Å². The van der Waals surface area contributed by atoms with Crippen molar-refractivity contribution in [3.05, 3.63) is 34.3 Å². The average molecular weight is 265 g/mol. The van der Waals surface area contributed by atoms with E-state index < -0.39 is 0 Å². The van der Waals surface area contributed by atoms with Gasteiger partial charge >= 0.3 is 0 Å². The Kier molecular flexibility index (Phi) is 3.35. The van der Waals surface area contributed by atoms with Crippen molar-refractivity contribution in [2.24, 2.45) is 5.73 Å². The third kappa shape index (κ3) is 1.87. The van der Waals surface area contributed by atoms with Crippen LogP contribution in [0.5, 0.6) is 0 Å². The molecule has 18 heavy (non-hydrogen) atoms. The van der Waals surface area contributed by atoms with E-state index in [0.717, 1.165) is 18.0 Å². The van der Waals surface area contributed by atoms with Crippen LogP contribution in [0.15, 0.2) is 18.2 Å². The lowest BCUT2D eigenvalue weighted by Gasteiger charge is -2.45. The number of nitrogens with two attached hydrogens (primary N) is 1. The van der Waals surface area contributed by atoms with Crippen LogP contribution in [0.4, 0.5) is 0 Å². The highest BCUT2D eigenvalue weighted by Gasteiger charge is 2.41. The number of hydrogen-bond donors (Lipinski definition) is 1. The van der Waals surface area contributed by atoms with E-state index >= 15 is 0 Å². The fourth-order valence-electron chi connectivity index (χ4n) is 3.74. The molecule has 1 aromatic carbocycles. The standard InChI is InChI=1S/C15H21ClN2/c16-13-5-6-14-12(10-13)4-3-7-15(14,11-17)18-8-1-2-9-18/h5-6,10H,1-4,7-9,11,17H2. The van der Waals surface area contributed by atoms with Crippen LogP contribution in [0, 0.1) is 0 Å². The van der Waals surface area contributed by atoms with Crippen molar-refractivity contribution >= 4 is 11.6 Å². The van der Waals surface area contributed by atoms with Gasteiger partial charge in [-0.2, -0.15) is 0 Å². The molecule has 2 aliphatic rings. The molecule has 1 aliphatic heterocycles. The minimum atomic E-state index is 0.0780. The predicted molar refractivity (Wildman–Crippen MR) is 75.9 cm³/mol. The number of aryl methyl sites for hydroxylation is 1.